The van der Waals surface area contributed by atoms with Gasteiger partial charge in [0.05, 0.1) is 5.01 Å². The van der Waals surface area contributed by atoms with E-state index in [-0.39, 0.29) is 0 Å². The second kappa shape index (κ2) is 7.36. The smallest absolute Gasteiger partial charge is 0.0930 e. The lowest BCUT2D eigenvalue weighted by Gasteiger charge is -2.35. The van der Waals surface area contributed by atoms with Crippen LogP contribution in [0.15, 0.2) is 6.20 Å². The van der Waals surface area contributed by atoms with Gasteiger partial charge in [-0.05, 0) is 31.7 Å². The molecule has 0 aliphatic carbocycles. The van der Waals surface area contributed by atoms with E-state index in [0.717, 1.165) is 19.4 Å². The van der Waals surface area contributed by atoms with E-state index < -0.39 is 0 Å². The van der Waals surface area contributed by atoms with E-state index in [1.54, 1.807) is 0 Å². The van der Waals surface area contributed by atoms with E-state index in [1.165, 1.54) is 35.7 Å². The summed E-state index contributed by atoms with van der Waals surface area (Å²) in [5.74, 6) is 0.677. The molecule has 19 heavy (non-hydrogen) atoms. The summed E-state index contributed by atoms with van der Waals surface area (Å²) in [5, 5.41) is 10.4. The van der Waals surface area contributed by atoms with Crippen LogP contribution in [-0.2, 0) is 13.0 Å². The Labute approximate surface area is 120 Å². The van der Waals surface area contributed by atoms with Crippen LogP contribution in [0.3, 0.4) is 0 Å². The molecule has 1 saturated heterocycles. The first-order valence-electron chi connectivity index (χ1n) is 7.47. The van der Waals surface area contributed by atoms with Crippen molar-refractivity contribution in [3.63, 3.8) is 0 Å². The van der Waals surface area contributed by atoms with Crippen LogP contribution in [0.4, 0.5) is 0 Å². The fourth-order valence-corrected chi connectivity index (χ4v) is 3.97. The van der Waals surface area contributed by atoms with E-state index in [1.807, 2.05) is 17.5 Å². The fraction of sp³-hybridized carbons (Fsp3) is 0.800. The van der Waals surface area contributed by atoms with Crippen LogP contribution in [0.25, 0.3) is 0 Å². The Balaban J connectivity index is 1.92. The van der Waals surface area contributed by atoms with Crippen molar-refractivity contribution in [1.29, 1.82) is 0 Å². The highest BCUT2D eigenvalue weighted by Crippen LogP contribution is 2.24. The zero-order valence-corrected chi connectivity index (χ0v) is 13.0. The average molecular weight is 282 g/mol. The van der Waals surface area contributed by atoms with Crippen LogP contribution >= 0.6 is 11.3 Å². The molecule has 2 heterocycles. The van der Waals surface area contributed by atoms with Crippen LogP contribution in [0, 0.1) is 5.92 Å². The molecule has 4 heteroatoms. The first-order chi connectivity index (χ1) is 9.19. The van der Waals surface area contributed by atoms with Gasteiger partial charge in [-0.1, -0.05) is 20.3 Å². The van der Waals surface area contributed by atoms with Crippen LogP contribution < -0.4 is 0 Å². The summed E-state index contributed by atoms with van der Waals surface area (Å²) in [6, 6.07) is 0.564. The molecule has 0 radical (unpaired) electrons. The number of piperidine rings is 1. The topological polar surface area (TPSA) is 36.4 Å². The molecule has 0 amide bonds. The van der Waals surface area contributed by atoms with Gasteiger partial charge in [0.1, 0.15) is 0 Å². The van der Waals surface area contributed by atoms with Crippen molar-refractivity contribution in [1.82, 2.24) is 9.88 Å². The summed E-state index contributed by atoms with van der Waals surface area (Å²) in [5.41, 5.74) is 0. The summed E-state index contributed by atoms with van der Waals surface area (Å²) in [6.45, 7) is 6.97. The number of aliphatic hydroxyl groups excluding tert-OH is 1. The van der Waals surface area contributed by atoms with Crippen molar-refractivity contribution < 1.29 is 5.11 Å². The van der Waals surface area contributed by atoms with Crippen molar-refractivity contribution >= 4 is 11.3 Å². The van der Waals surface area contributed by atoms with Crippen molar-refractivity contribution in [3.05, 3.63) is 16.1 Å². The minimum absolute atomic E-state index is 0.308. The summed E-state index contributed by atoms with van der Waals surface area (Å²) >= 11 is 1.86. The average Bonchev–Trinajstić information content (AvgIpc) is 2.78. The van der Waals surface area contributed by atoms with Crippen molar-refractivity contribution in [2.75, 3.05) is 13.2 Å². The van der Waals surface area contributed by atoms with Crippen LogP contribution in [0.2, 0.25) is 0 Å². The first kappa shape index (κ1) is 14.9. The monoisotopic (exact) mass is 282 g/mol. The minimum Gasteiger partial charge on any atom is -0.396 e. The Kier molecular flexibility index (Phi) is 5.79. The van der Waals surface area contributed by atoms with E-state index >= 15 is 0 Å². The minimum atomic E-state index is 0.308. The highest BCUT2D eigenvalue weighted by molar-refractivity contribution is 7.11. The van der Waals surface area contributed by atoms with Gasteiger partial charge in [-0.15, -0.1) is 11.3 Å². The predicted octanol–water partition coefficient (Wildman–Crippen LogP) is 3.08. The predicted molar refractivity (Wildman–Crippen MR) is 80.4 cm³/mol. The van der Waals surface area contributed by atoms with E-state index in [9.17, 15) is 0 Å². The Morgan fingerprint density at radius 3 is 3.05 bits per heavy atom. The number of nitrogens with zero attached hydrogens (tertiary/aromatic N) is 2. The lowest BCUT2D eigenvalue weighted by atomic mass is 10.00. The second-order valence-electron chi connectivity index (χ2n) is 5.95. The van der Waals surface area contributed by atoms with Gasteiger partial charge in [0.15, 0.2) is 0 Å². The maximum Gasteiger partial charge on any atom is 0.0930 e. The number of likely N-dealkylation sites (tertiary alicyclic amines) is 1. The zero-order valence-electron chi connectivity index (χ0n) is 12.1. The maximum absolute atomic E-state index is 9.17. The summed E-state index contributed by atoms with van der Waals surface area (Å²) in [6.07, 6.45) is 7.88. The molecule has 0 bridgehead atoms. The van der Waals surface area contributed by atoms with Crippen molar-refractivity contribution in [2.45, 2.75) is 58.5 Å². The van der Waals surface area contributed by atoms with Gasteiger partial charge in [-0.3, -0.25) is 4.90 Å². The Morgan fingerprint density at radius 2 is 2.32 bits per heavy atom. The van der Waals surface area contributed by atoms with Crippen molar-refractivity contribution in [2.24, 2.45) is 5.92 Å². The standard InChI is InChI=1S/C15H26N2OS/c1-12(2)9-15-16-10-14(19-15)11-17-7-4-3-5-13(17)6-8-18/h10,12-13,18H,3-9,11H2,1-2H3. The fourth-order valence-electron chi connectivity index (χ4n) is 2.81. The van der Waals surface area contributed by atoms with Crippen LogP contribution in [-0.4, -0.2) is 34.2 Å². The third-order valence-electron chi connectivity index (χ3n) is 3.75. The van der Waals surface area contributed by atoms with Crippen molar-refractivity contribution in [3.8, 4) is 0 Å². The number of hydrogen-bond acceptors (Lipinski definition) is 4. The third kappa shape index (κ3) is 4.55. The van der Waals surface area contributed by atoms with Gasteiger partial charge in [-0.2, -0.15) is 0 Å². The largest absolute Gasteiger partial charge is 0.396 e. The molecule has 0 aromatic carbocycles. The van der Waals surface area contributed by atoms with Gasteiger partial charge >= 0.3 is 0 Å². The molecule has 1 unspecified atom stereocenters. The molecule has 1 aliphatic rings. The molecule has 1 fully saturated rings. The Morgan fingerprint density at radius 1 is 1.47 bits per heavy atom. The van der Waals surface area contributed by atoms with Gasteiger partial charge in [0.25, 0.3) is 0 Å². The van der Waals surface area contributed by atoms with Gasteiger partial charge in [0, 0.05) is 36.7 Å². The highest BCUT2D eigenvalue weighted by Gasteiger charge is 2.22. The highest BCUT2D eigenvalue weighted by atomic mass is 32.1. The molecule has 108 valence electrons. The zero-order chi connectivity index (χ0) is 13.7. The molecule has 1 aliphatic heterocycles. The molecular formula is C15H26N2OS. The Bertz CT molecular complexity index is 376. The number of aromatic nitrogens is 1. The number of rotatable bonds is 6. The summed E-state index contributed by atoms with van der Waals surface area (Å²) < 4.78 is 0. The van der Waals surface area contributed by atoms with Gasteiger partial charge < -0.3 is 5.11 Å². The SMILES string of the molecule is CC(C)Cc1ncc(CN2CCCCC2CCO)s1. The molecule has 0 spiro atoms. The lowest BCUT2D eigenvalue weighted by molar-refractivity contribution is 0.113. The van der Waals surface area contributed by atoms with E-state index in [0.29, 0.717) is 18.6 Å². The molecule has 1 aromatic heterocycles. The van der Waals surface area contributed by atoms with E-state index in [4.69, 9.17) is 5.11 Å². The molecule has 3 nitrogen and oxygen atoms in total. The number of thiazole rings is 1. The quantitative estimate of drug-likeness (QED) is 0.871. The lowest BCUT2D eigenvalue weighted by Crippen LogP contribution is -2.39. The molecule has 1 atom stereocenters. The van der Waals surface area contributed by atoms with Gasteiger partial charge in [-0.25, -0.2) is 4.98 Å². The number of hydrogen-bond donors (Lipinski definition) is 1. The van der Waals surface area contributed by atoms with Gasteiger partial charge in [0.2, 0.25) is 0 Å². The maximum atomic E-state index is 9.17. The molecular weight excluding hydrogens is 256 g/mol. The summed E-state index contributed by atoms with van der Waals surface area (Å²) in [7, 11) is 0. The third-order valence-corrected chi connectivity index (χ3v) is 4.76. The molecule has 1 aromatic rings. The normalized spacial score (nSPS) is 21.2. The second-order valence-corrected chi connectivity index (χ2v) is 7.15. The molecule has 0 saturated carbocycles. The number of aliphatic hydroxyl groups is 1. The molecule has 2 rings (SSSR count). The Hall–Kier alpha value is -0.450. The van der Waals surface area contributed by atoms with Crippen LogP contribution in [0.1, 0.15) is 49.4 Å². The first-order valence-corrected chi connectivity index (χ1v) is 8.29. The molecule has 1 N–H and O–H groups in total. The van der Waals surface area contributed by atoms with E-state index in [2.05, 4.69) is 23.7 Å². The summed E-state index contributed by atoms with van der Waals surface area (Å²) in [4.78, 5) is 8.44. The van der Waals surface area contributed by atoms with Crippen LogP contribution in [0.5, 0.6) is 0 Å².